The number of nitrogens with two attached hydrogens (primary N) is 1. The Kier molecular flexibility index (Phi) is 8.92. The van der Waals surface area contributed by atoms with Crippen LogP contribution in [0.3, 0.4) is 0 Å². The van der Waals surface area contributed by atoms with E-state index in [9.17, 15) is 9.65 Å². The monoisotopic (exact) mass is 583 g/mol. The Morgan fingerprint density at radius 3 is 2.63 bits per heavy atom. The highest BCUT2D eigenvalue weighted by Crippen LogP contribution is 2.50. The van der Waals surface area contributed by atoms with E-state index in [2.05, 4.69) is 66.5 Å². The minimum absolute atomic E-state index is 0.0470. The SMILES string of the molecule is C/C=C(\N=C(/N(C)CC)N1CC2(CCCc3sc(N)c(C#N)c32)C1)N1CCCC(C)(C)C1.FC1CC2CCCN2C1. The Labute approximate surface area is 250 Å². The van der Waals surface area contributed by atoms with Gasteiger partial charge in [0, 0.05) is 62.7 Å². The summed E-state index contributed by atoms with van der Waals surface area (Å²) >= 11 is 1.63. The molecule has 2 atom stereocenters. The number of aliphatic imine (C=N–C) groups is 1. The first-order valence-electron chi connectivity index (χ1n) is 15.8. The normalized spacial score (nSPS) is 27.0. The number of rotatable bonds is 3. The number of aryl methyl sites for hydroxylation is 1. The van der Waals surface area contributed by atoms with E-state index in [0.29, 0.717) is 23.0 Å². The Balaban J connectivity index is 0.000000315. The minimum atomic E-state index is -0.518. The summed E-state index contributed by atoms with van der Waals surface area (Å²) in [5.74, 6) is 2.12. The lowest BCUT2D eigenvalue weighted by Crippen LogP contribution is -2.64. The summed E-state index contributed by atoms with van der Waals surface area (Å²) in [6, 6.07) is 3.02. The molecule has 0 amide bonds. The zero-order chi connectivity index (χ0) is 29.4. The Morgan fingerprint density at radius 1 is 1.20 bits per heavy atom. The van der Waals surface area contributed by atoms with Crippen LogP contribution in [0.4, 0.5) is 9.39 Å². The van der Waals surface area contributed by atoms with Crippen molar-refractivity contribution in [2.24, 2.45) is 10.4 Å². The number of anilines is 1. The maximum atomic E-state index is 12.6. The van der Waals surface area contributed by atoms with Crippen molar-refractivity contribution in [2.75, 3.05) is 58.6 Å². The number of halogens is 1. The third-order valence-electron chi connectivity index (χ3n) is 9.95. The number of piperidine rings is 1. The average molecular weight is 584 g/mol. The third kappa shape index (κ3) is 6.10. The number of thiophene rings is 1. The van der Waals surface area contributed by atoms with Gasteiger partial charge in [-0.3, -0.25) is 4.90 Å². The number of fused-ring (bicyclic) bond motifs is 3. The van der Waals surface area contributed by atoms with E-state index < -0.39 is 6.17 Å². The number of likely N-dealkylation sites (tertiary alicyclic amines) is 2. The van der Waals surface area contributed by atoms with Crippen molar-refractivity contribution in [1.82, 2.24) is 19.6 Å². The molecule has 2 unspecified atom stereocenters. The van der Waals surface area contributed by atoms with Crippen molar-refractivity contribution < 1.29 is 4.39 Å². The Morgan fingerprint density at radius 2 is 1.98 bits per heavy atom. The van der Waals surface area contributed by atoms with Crippen LogP contribution in [0.2, 0.25) is 0 Å². The molecule has 5 heterocycles. The second kappa shape index (κ2) is 12.1. The van der Waals surface area contributed by atoms with Crippen molar-refractivity contribution in [3.05, 3.63) is 27.9 Å². The number of guanidine groups is 1. The van der Waals surface area contributed by atoms with E-state index in [0.717, 1.165) is 75.9 Å². The van der Waals surface area contributed by atoms with Gasteiger partial charge in [-0.05, 0) is 88.8 Å². The van der Waals surface area contributed by atoms with Crippen LogP contribution in [0.15, 0.2) is 16.9 Å². The van der Waals surface area contributed by atoms with Crippen LogP contribution in [0.1, 0.15) is 88.6 Å². The van der Waals surface area contributed by atoms with Gasteiger partial charge in [-0.25, -0.2) is 4.39 Å². The number of hydrogen-bond acceptors (Lipinski definition) is 6. The first-order valence-corrected chi connectivity index (χ1v) is 16.6. The van der Waals surface area contributed by atoms with Gasteiger partial charge >= 0.3 is 0 Å². The molecule has 7 nitrogen and oxygen atoms in total. The number of hydrogen-bond donors (Lipinski definition) is 1. The van der Waals surface area contributed by atoms with Gasteiger partial charge in [-0.15, -0.1) is 11.3 Å². The summed E-state index contributed by atoms with van der Waals surface area (Å²) in [5, 5.41) is 10.5. The van der Waals surface area contributed by atoms with Gasteiger partial charge in [-0.1, -0.05) is 13.8 Å². The fraction of sp³-hybridized carbons (Fsp3) is 0.750. The molecule has 6 rings (SSSR count). The summed E-state index contributed by atoms with van der Waals surface area (Å²) < 4.78 is 12.6. The molecule has 0 bridgehead atoms. The van der Waals surface area contributed by atoms with Gasteiger partial charge in [0.15, 0.2) is 0 Å². The molecular weight excluding hydrogens is 533 g/mol. The van der Waals surface area contributed by atoms with Gasteiger partial charge in [0.2, 0.25) is 5.96 Å². The smallest absolute Gasteiger partial charge is 0.203 e. The largest absolute Gasteiger partial charge is 0.389 e. The van der Waals surface area contributed by atoms with Crippen LogP contribution in [0.25, 0.3) is 0 Å². The molecule has 4 fully saturated rings. The summed E-state index contributed by atoms with van der Waals surface area (Å²) in [5.41, 5.74) is 8.57. The van der Waals surface area contributed by atoms with E-state index in [1.54, 1.807) is 11.3 Å². The number of allylic oxidation sites excluding steroid dienone is 1. The predicted octanol–water partition coefficient (Wildman–Crippen LogP) is 5.58. The fourth-order valence-corrected chi connectivity index (χ4v) is 8.99. The van der Waals surface area contributed by atoms with Crippen molar-refractivity contribution in [3.8, 4) is 6.07 Å². The van der Waals surface area contributed by atoms with Crippen molar-refractivity contribution in [1.29, 1.82) is 5.26 Å². The van der Waals surface area contributed by atoms with E-state index in [4.69, 9.17) is 10.7 Å². The molecule has 5 aliphatic rings. The minimum Gasteiger partial charge on any atom is -0.389 e. The van der Waals surface area contributed by atoms with Gasteiger partial charge in [-0.2, -0.15) is 10.3 Å². The van der Waals surface area contributed by atoms with Crippen LogP contribution in [-0.2, 0) is 11.8 Å². The van der Waals surface area contributed by atoms with Crippen LogP contribution in [0.5, 0.6) is 0 Å². The number of nitrogen functional groups attached to an aromatic ring is 1. The molecule has 41 heavy (non-hydrogen) atoms. The van der Waals surface area contributed by atoms with Crippen LogP contribution >= 0.6 is 11.3 Å². The molecule has 1 spiro atoms. The molecule has 0 aromatic carbocycles. The van der Waals surface area contributed by atoms with Crippen molar-refractivity contribution >= 4 is 22.3 Å². The molecule has 2 N–H and O–H groups in total. The summed E-state index contributed by atoms with van der Waals surface area (Å²) in [7, 11) is 2.13. The molecule has 226 valence electrons. The average Bonchev–Trinajstić information content (AvgIpc) is 3.59. The molecule has 4 saturated heterocycles. The quantitative estimate of drug-likeness (QED) is 0.370. The van der Waals surface area contributed by atoms with Gasteiger partial charge < -0.3 is 20.4 Å². The Hall–Kier alpha value is -2.31. The second-order valence-electron chi connectivity index (χ2n) is 13.6. The van der Waals surface area contributed by atoms with E-state index in [1.165, 1.54) is 42.5 Å². The summed E-state index contributed by atoms with van der Waals surface area (Å²) in [6.45, 7) is 15.7. The maximum Gasteiger partial charge on any atom is 0.203 e. The van der Waals surface area contributed by atoms with E-state index in [1.807, 2.05) is 0 Å². The number of nitriles is 1. The van der Waals surface area contributed by atoms with Crippen molar-refractivity contribution in [2.45, 2.75) is 96.7 Å². The lowest BCUT2D eigenvalue weighted by Gasteiger charge is -2.54. The van der Waals surface area contributed by atoms with Crippen LogP contribution in [-0.4, -0.2) is 90.6 Å². The first-order chi connectivity index (χ1) is 19.6. The molecule has 1 aromatic rings. The zero-order valence-corrected chi connectivity index (χ0v) is 26.7. The maximum absolute atomic E-state index is 12.6. The number of alkyl halides is 1. The van der Waals surface area contributed by atoms with Gasteiger partial charge in [0.1, 0.15) is 23.1 Å². The summed E-state index contributed by atoms with van der Waals surface area (Å²) in [6.07, 6.45) is 10.8. The molecule has 0 saturated carbocycles. The molecule has 9 heteroatoms. The zero-order valence-electron chi connectivity index (χ0n) is 25.9. The Bertz CT molecular complexity index is 1180. The highest BCUT2D eigenvalue weighted by atomic mass is 32.1. The van der Waals surface area contributed by atoms with Crippen LogP contribution in [0, 0.1) is 16.7 Å². The lowest BCUT2D eigenvalue weighted by molar-refractivity contribution is 0.105. The fourth-order valence-electron chi connectivity index (χ4n) is 7.80. The van der Waals surface area contributed by atoms with Crippen molar-refractivity contribution in [3.63, 3.8) is 0 Å². The molecule has 4 aliphatic heterocycles. The molecule has 0 radical (unpaired) electrons. The third-order valence-corrected chi connectivity index (χ3v) is 11.0. The lowest BCUT2D eigenvalue weighted by atomic mass is 9.66. The first kappa shape index (κ1) is 30.2. The predicted molar refractivity (Wildman–Crippen MR) is 168 cm³/mol. The molecular formula is C32H50FN7S. The van der Waals surface area contributed by atoms with Gasteiger partial charge in [0.05, 0.1) is 5.56 Å². The standard InChI is InChI=1S/C25H38N6S.C7H12FN/c1-6-20(30-13-9-11-24(3,4)15-30)28-23(29(5)7-2)31-16-25(17-31)12-8-10-19-21(25)18(14-26)22(27)32-19;8-6-4-7-2-1-3-9(7)5-6/h6H,7-13,15-17,27H2,1-5H3;6-7H,1-5H2/b20-6+,28-23+;. The van der Waals surface area contributed by atoms with Crippen LogP contribution < -0.4 is 5.73 Å². The summed E-state index contributed by atoms with van der Waals surface area (Å²) in [4.78, 5) is 16.0. The molecule has 1 aliphatic carbocycles. The van der Waals surface area contributed by atoms with Gasteiger partial charge in [0.25, 0.3) is 0 Å². The van der Waals surface area contributed by atoms with E-state index >= 15 is 0 Å². The number of nitrogens with zero attached hydrogens (tertiary/aromatic N) is 6. The van der Waals surface area contributed by atoms with E-state index in [-0.39, 0.29) is 5.41 Å². The topological polar surface area (TPSA) is 75.1 Å². The second-order valence-corrected chi connectivity index (χ2v) is 14.8. The highest BCUT2D eigenvalue weighted by molar-refractivity contribution is 7.16. The highest BCUT2D eigenvalue weighted by Gasteiger charge is 2.51. The molecule has 1 aromatic heterocycles.